The predicted molar refractivity (Wildman–Crippen MR) is 140 cm³/mol. The zero-order valence-corrected chi connectivity index (χ0v) is 21.3. The van der Waals surface area contributed by atoms with Gasteiger partial charge in [0.25, 0.3) is 0 Å². The molecule has 0 amide bonds. The SMILES string of the molecule is CN=C(NCCc1ccc(S(C)(=O)=O)cc1)NCc1cccc(Oc2ccccc2)c1.I. The fraction of sp³-hybridized carbons (Fsp3) is 0.208. The molecule has 3 rings (SSSR count). The van der Waals surface area contributed by atoms with Crippen molar-refractivity contribution in [3.8, 4) is 11.5 Å². The third-order valence-electron chi connectivity index (χ3n) is 4.62. The second-order valence-electron chi connectivity index (χ2n) is 7.08. The Morgan fingerprint density at radius 3 is 2.22 bits per heavy atom. The molecular formula is C24H28IN3O3S. The summed E-state index contributed by atoms with van der Waals surface area (Å²) in [6.07, 6.45) is 1.97. The van der Waals surface area contributed by atoms with Gasteiger partial charge < -0.3 is 15.4 Å². The molecule has 8 heteroatoms. The predicted octanol–water partition coefficient (Wildman–Crippen LogP) is 4.41. The van der Waals surface area contributed by atoms with Crippen LogP contribution in [0.4, 0.5) is 0 Å². The number of ether oxygens (including phenoxy) is 1. The first-order valence-corrected chi connectivity index (χ1v) is 11.9. The van der Waals surface area contributed by atoms with E-state index in [4.69, 9.17) is 4.74 Å². The molecule has 0 atom stereocenters. The number of sulfone groups is 1. The van der Waals surface area contributed by atoms with Crippen LogP contribution in [-0.4, -0.2) is 34.2 Å². The van der Waals surface area contributed by atoms with Gasteiger partial charge in [-0.05, 0) is 53.9 Å². The summed E-state index contributed by atoms with van der Waals surface area (Å²) < 4.78 is 29.0. The van der Waals surface area contributed by atoms with E-state index >= 15 is 0 Å². The van der Waals surface area contributed by atoms with Gasteiger partial charge in [0.15, 0.2) is 15.8 Å². The Morgan fingerprint density at radius 1 is 0.875 bits per heavy atom. The molecule has 3 aromatic carbocycles. The smallest absolute Gasteiger partial charge is 0.191 e. The number of aliphatic imine (C=N–C) groups is 1. The Labute approximate surface area is 207 Å². The van der Waals surface area contributed by atoms with E-state index in [0.29, 0.717) is 23.9 Å². The molecule has 0 radical (unpaired) electrons. The van der Waals surface area contributed by atoms with Crippen molar-refractivity contribution in [3.05, 3.63) is 90.0 Å². The molecule has 0 saturated carbocycles. The van der Waals surface area contributed by atoms with E-state index in [0.717, 1.165) is 29.0 Å². The molecule has 0 aliphatic heterocycles. The van der Waals surface area contributed by atoms with Crippen LogP contribution in [0.5, 0.6) is 11.5 Å². The average molecular weight is 565 g/mol. The van der Waals surface area contributed by atoms with Crippen molar-refractivity contribution in [2.75, 3.05) is 19.8 Å². The monoisotopic (exact) mass is 565 g/mol. The first-order chi connectivity index (χ1) is 14.9. The van der Waals surface area contributed by atoms with Gasteiger partial charge in [-0.15, -0.1) is 24.0 Å². The lowest BCUT2D eigenvalue weighted by atomic mass is 10.1. The summed E-state index contributed by atoms with van der Waals surface area (Å²) in [6, 6.07) is 24.6. The van der Waals surface area contributed by atoms with Crippen molar-refractivity contribution >= 4 is 39.8 Å². The molecule has 3 aromatic rings. The van der Waals surface area contributed by atoms with Gasteiger partial charge in [-0.2, -0.15) is 0 Å². The van der Waals surface area contributed by atoms with Crippen LogP contribution in [0.25, 0.3) is 0 Å². The summed E-state index contributed by atoms with van der Waals surface area (Å²) in [5, 5.41) is 6.57. The molecule has 6 nitrogen and oxygen atoms in total. The van der Waals surface area contributed by atoms with Gasteiger partial charge in [-0.25, -0.2) is 8.42 Å². The van der Waals surface area contributed by atoms with Crippen LogP contribution in [0, 0.1) is 0 Å². The number of para-hydroxylation sites is 1. The Morgan fingerprint density at radius 2 is 1.56 bits per heavy atom. The standard InChI is InChI=1S/C24H27N3O3S.HI/c1-25-24(26-16-15-19-11-13-23(14-12-19)31(2,28)29)27-18-20-7-6-10-22(17-20)30-21-8-4-3-5-9-21;/h3-14,17H,15-16,18H2,1-2H3,(H2,25,26,27);1H. The fourth-order valence-corrected chi connectivity index (χ4v) is 3.61. The molecule has 0 aliphatic rings. The van der Waals surface area contributed by atoms with Crippen LogP contribution >= 0.6 is 24.0 Å². The van der Waals surface area contributed by atoms with Gasteiger partial charge >= 0.3 is 0 Å². The van der Waals surface area contributed by atoms with Gasteiger partial charge in [0, 0.05) is 26.4 Å². The molecule has 0 fully saturated rings. The first kappa shape index (κ1) is 25.7. The number of hydrogen-bond acceptors (Lipinski definition) is 4. The number of nitrogens with zero attached hydrogens (tertiary/aromatic N) is 1. The van der Waals surface area contributed by atoms with Gasteiger partial charge in [0.2, 0.25) is 0 Å². The highest BCUT2D eigenvalue weighted by molar-refractivity contribution is 14.0. The quantitative estimate of drug-likeness (QED) is 0.241. The summed E-state index contributed by atoms with van der Waals surface area (Å²) in [5.41, 5.74) is 2.13. The van der Waals surface area contributed by atoms with Gasteiger partial charge in [0.05, 0.1) is 4.90 Å². The van der Waals surface area contributed by atoms with Crippen LogP contribution in [0.2, 0.25) is 0 Å². The third-order valence-corrected chi connectivity index (χ3v) is 5.75. The summed E-state index contributed by atoms with van der Waals surface area (Å²) in [7, 11) is -1.44. The van der Waals surface area contributed by atoms with Crippen molar-refractivity contribution in [1.82, 2.24) is 10.6 Å². The summed E-state index contributed by atoms with van der Waals surface area (Å²) in [4.78, 5) is 4.59. The van der Waals surface area contributed by atoms with Crippen molar-refractivity contribution in [1.29, 1.82) is 0 Å². The summed E-state index contributed by atoms with van der Waals surface area (Å²) >= 11 is 0. The number of benzene rings is 3. The maximum absolute atomic E-state index is 11.5. The van der Waals surface area contributed by atoms with Crippen molar-refractivity contribution in [3.63, 3.8) is 0 Å². The highest BCUT2D eigenvalue weighted by atomic mass is 127. The maximum Gasteiger partial charge on any atom is 0.191 e. The lowest BCUT2D eigenvalue weighted by Crippen LogP contribution is -2.37. The van der Waals surface area contributed by atoms with Crippen LogP contribution in [0.15, 0.2) is 88.8 Å². The Balaban J connectivity index is 0.00000363. The van der Waals surface area contributed by atoms with Crippen LogP contribution in [0.1, 0.15) is 11.1 Å². The second-order valence-corrected chi connectivity index (χ2v) is 9.10. The van der Waals surface area contributed by atoms with E-state index in [1.165, 1.54) is 6.26 Å². The Hall–Kier alpha value is -2.59. The van der Waals surface area contributed by atoms with E-state index in [2.05, 4.69) is 15.6 Å². The second kappa shape index (κ2) is 12.4. The number of rotatable bonds is 8. The minimum atomic E-state index is -3.17. The normalized spacial score (nSPS) is 11.4. The van der Waals surface area contributed by atoms with Crippen LogP contribution < -0.4 is 15.4 Å². The highest BCUT2D eigenvalue weighted by Gasteiger charge is 2.06. The molecule has 0 spiro atoms. The lowest BCUT2D eigenvalue weighted by Gasteiger charge is -2.13. The molecule has 0 aromatic heterocycles. The zero-order valence-electron chi connectivity index (χ0n) is 18.1. The molecule has 0 heterocycles. The van der Waals surface area contributed by atoms with E-state index in [1.807, 2.05) is 66.7 Å². The Bertz CT molecular complexity index is 1120. The van der Waals surface area contributed by atoms with Gasteiger partial charge in [-0.3, -0.25) is 4.99 Å². The van der Waals surface area contributed by atoms with Gasteiger partial charge in [-0.1, -0.05) is 42.5 Å². The molecule has 0 unspecified atom stereocenters. The molecule has 0 aliphatic carbocycles. The van der Waals surface area contributed by atoms with E-state index < -0.39 is 9.84 Å². The fourth-order valence-electron chi connectivity index (χ4n) is 2.98. The van der Waals surface area contributed by atoms with E-state index in [-0.39, 0.29) is 24.0 Å². The number of nitrogens with one attached hydrogen (secondary N) is 2. The van der Waals surface area contributed by atoms with E-state index in [9.17, 15) is 8.42 Å². The molecule has 170 valence electrons. The molecule has 32 heavy (non-hydrogen) atoms. The topological polar surface area (TPSA) is 79.8 Å². The Kier molecular flexibility index (Phi) is 9.98. The van der Waals surface area contributed by atoms with Gasteiger partial charge in [0.1, 0.15) is 11.5 Å². The first-order valence-electron chi connectivity index (χ1n) is 9.99. The number of hydrogen-bond donors (Lipinski definition) is 2. The third kappa shape index (κ3) is 8.16. The maximum atomic E-state index is 11.5. The van der Waals surface area contributed by atoms with Crippen molar-refractivity contribution < 1.29 is 13.2 Å². The minimum absolute atomic E-state index is 0. The van der Waals surface area contributed by atoms with Crippen LogP contribution in [-0.2, 0) is 22.8 Å². The molecule has 2 N–H and O–H groups in total. The lowest BCUT2D eigenvalue weighted by molar-refractivity contribution is 0.482. The summed E-state index contributed by atoms with van der Waals surface area (Å²) in [6.45, 7) is 1.28. The highest BCUT2D eigenvalue weighted by Crippen LogP contribution is 2.21. The zero-order chi connectivity index (χ0) is 22.1. The minimum Gasteiger partial charge on any atom is -0.457 e. The summed E-state index contributed by atoms with van der Waals surface area (Å²) in [5.74, 6) is 2.28. The largest absolute Gasteiger partial charge is 0.457 e. The molecular weight excluding hydrogens is 537 g/mol. The average Bonchev–Trinajstić information content (AvgIpc) is 2.77. The molecule has 0 bridgehead atoms. The van der Waals surface area contributed by atoms with Crippen LogP contribution in [0.3, 0.4) is 0 Å². The van der Waals surface area contributed by atoms with Crippen molar-refractivity contribution in [2.24, 2.45) is 4.99 Å². The van der Waals surface area contributed by atoms with E-state index in [1.54, 1.807) is 19.2 Å². The van der Waals surface area contributed by atoms with Crippen molar-refractivity contribution in [2.45, 2.75) is 17.9 Å². The number of guanidine groups is 1. The number of halogens is 1. The molecule has 0 saturated heterocycles.